The van der Waals surface area contributed by atoms with Crippen molar-refractivity contribution in [3.8, 4) is 0 Å². The van der Waals surface area contributed by atoms with Gasteiger partial charge in [0.05, 0.1) is 0 Å². The van der Waals surface area contributed by atoms with Crippen LogP contribution in [0.1, 0.15) is 147 Å². The number of fused-ring (bicyclic) bond motifs is 4. The quantitative estimate of drug-likeness (QED) is 0.165. The second-order valence-electron chi connectivity index (χ2n) is 19.0. The van der Waals surface area contributed by atoms with E-state index in [0.29, 0.717) is 17.8 Å². The first kappa shape index (κ1) is 35.8. The fraction of sp³-hybridized carbons (Fsp3) is 0.400. The number of anilines is 6. The molecule has 0 spiro atoms. The second-order valence-corrected chi connectivity index (χ2v) is 19.0. The molecule has 2 nitrogen and oxygen atoms in total. The lowest BCUT2D eigenvalue weighted by Gasteiger charge is -2.45. The van der Waals surface area contributed by atoms with Crippen molar-refractivity contribution in [1.29, 1.82) is 0 Å². The molecular formula is C50H59BN2. The lowest BCUT2D eigenvalue weighted by atomic mass is 9.33. The first-order valence-electron chi connectivity index (χ1n) is 20.5. The summed E-state index contributed by atoms with van der Waals surface area (Å²) in [7, 11) is 0. The van der Waals surface area contributed by atoms with Crippen LogP contribution in [0.25, 0.3) is 0 Å². The van der Waals surface area contributed by atoms with Gasteiger partial charge in [-0.05, 0) is 134 Å². The highest BCUT2D eigenvalue weighted by molar-refractivity contribution is 7.00. The van der Waals surface area contributed by atoms with Gasteiger partial charge >= 0.3 is 0 Å². The molecule has 0 saturated heterocycles. The molecule has 3 heteroatoms. The summed E-state index contributed by atoms with van der Waals surface area (Å²) in [4.78, 5) is 5.23. The van der Waals surface area contributed by atoms with Crippen LogP contribution in [0.5, 0.6) is 0 Å². The van der Waals surface area contributed by atoms with Gasteiger partial charge in [0.2, 0.25) is 0 Å². The summed E-state index contributed by atoms with van der Waals surface area (Å²) in [5.74, 6) is 1.51. The maximum absolute atomic E-state index is 2.62. The molecule has 0 aromatic heterocycles. The fourth-order valence-corrected chi connectivity index (χ4v) is 9.22. The normalized spacial score (nSPS) is 15.9. The van der Waals surface area contributed by atoms with Crippen molar-refractivity contribution < 1.29 is 0 Å². The lowest BCUT2D eigenvalue weighted by Crippen LogP contribution is -2.61. The predicted molar refractivity (Wildman–Crippen MR) is 232 cm³/mol. The molecule has 1 saturated carbocycles. The Kier molecular flexibility index (Phi) is 8.95. The van der Waals surface area contributed by atoms with Gasteiger partial charge in [0, 0.05) is 34.1 Å². The largest absolute Gasteiger partial charge is 0.311 e. The Bertz CT molecular complexity index is 2140. The molecule has 0 unspecified atom stereocenters. The smallest absolute Gasteiger partial charge is 0.252 e. The van der Waals surface area contributed by atoms with Gasteiger partial charge in [-0.2, -0.15) is 0 Å². The van der Waals surface area contributed by atoms with Crippen molar-refractivity contribution in [3.63, 3.8) is 0 Å². The van der Waals surface area contributed by atoms with E-state index in [1.165, 1.54) is 110 Å². The minimum atomic E-state index is 0.0314. The van der Waals surface area contributed by atoms with Crippen molar-refractivity contribution in [1.82, 2.24) is 0 Å². The highest BCUT2D eigenvalue weighted by Crippen LogP contribution is 2.47. The van der Waals surface area contributed by atoms with Crippen molar-refractivity contribution in [2.45, 2.75) is 130 Å². The molecule has 2 aliphatic heterocycles. The molecule has 0 radical (unpaired) electrons. The van der Waals surface area contributed by atoms with Crippen LogP contribution in [0.15, 0.2) is 97.1 Å². The Labute approximate surface area is 320 Å². The van der Waals surface area contributed by atoms with Gasteiger partial charge < -0.3 is 9.80 Å². The molecule has 8 rings (SSSR count). The molecule has 5 aromatic rings. The predicted octanol–water partition coefficient (Wildman–Crippen LogP) is 12.7. The van der Waals surface area contributed by atoms with Gasteiger partial charge in [-0.3, -0.25) is 0 Å². The molecule has 2 heterocycles. The molecule has 0 amide bonds. The van der Waals surface area contributed by atoms with Gasteiger partial charge in [0.1, 0.15) is 0 Å². The van der Waals surface area contributed by atoms with E-state index in [9.17, 15) is 0 Å². The number of rotatable bonds is 5. The summed E-state index contributed by atoms with van der Waals surface area (Å²) in [6.45, 7) is 23.4. The molecule has 5 aromatic carbocycles. The number of benzene rings is 5. The average molecular weight is 699 g/mol. The van der Waals surface area contributed by atoms with E-state index in [0.717, 1.165) is 0 Å². The summed E-state index contributed by atoms with van der Waals surface area (Å²) >= 11 is 0. The molecule has 1 fully saturated rings. The zero-order chi connectivity index (χ0) is 37.4. The number of hydrogen-bond acceptors (Lipinski definition) is 2. The number of hydrogen-bond donors (Lipinski definition) is 0. The third kappa shape index (κ3) is 6.32. The van der Waals surface area contributed by atoms with E-state index >= 15 is 0 Å². The lowest BCUT2D eigenvalue weighted by molar-refractivity contribution is 0.444. The Morgan fingerprint density at radius 1 is 0.509 bits per heavy atom. The second kappa shape index (κ2) is 13.3. The highest BCUT2D eigenvalue weighted by Gasteiger charge is 2.44. The Morgan fingerprint density at radius 2 is 0.981 bits per heavy atom. The topological polar surface area (TPSA) is 6.48 Å². The Morgan fingerprint density at radius 3 is 1.51 bits per heavy atom. The van der Waals surface area contributed by atoms with Crippen molar-refractivity contribution in [2.75, 3.05) is 9.80 Å². The summed E-state index contributed by atoms with van der Waals surface area (Å²) in [6, 6.07) is 38.8. The maximum atomic E-state index is 2.62. The van der Waals surface area contributed by atoms with Crippen LogP contribution in [0.4, 0.5) is 34.1 Å². The van der Waals surface area contributed by atoms with E-state index in [1.807, 2.05) is 0 Å². The summed E-state index contributed by atoms with van der Waals surface area (Å²) in [5.41, 5.74) is 19.2. The molecule has 3 aliphatic rings. The molecule has 0 bridgehead atoms. The summed E-state index contributed by atoms with van der Waals surface area (Å²) in [5, 5.41) is 0. The molecule has 0 N–H and O–H groups in total. The van der Waals surface area contributed by atoms with Crippen LogP contribution in [-0.2, 0) is 10.8 Å². The van der Waals surface area contributed by atoms with Crippen LogP contribution in [0, 0.1) is 0 Å². The van der Waals surface area contributed by atoms with E-state index in [2.05, 4.69) is 176 Å². The van der Waals surface area contributed by atoms with Gasteiger partial charge in [-0.15, -0.1) is 0 Å². The van der Waals surface area contributed by atoms with E-state index in [4.69, 9.17) is 0 Å². The summed E-state index contributed by atoms with van der Waals surface area (Å²) in [6.07, 6.45) is 6.52. The third-order valence-corrected chi connectivity index (χ3v) is 12.5. The minimum Gasteiger partial charge on any atom is -0.311 e. The van der Waals surface area contributed by atoms with Gasteiger partial charge in [0.15, 0.2) is 0 Å². The highest BCUT2D eigenvalue weighted by atomic mass is 15.2. The van der Waals surface area contributed by atoms with Gasteiger partial charge in [-0.25, -0.2) is 0 Å². The zero-order valence-electron chi connectivity index (χ0n) is 34.0. The van der Waals surface area contributed by atoms with Crippen molar-refractivity contribution in [2.24, 2.45) is 0 Å². The molecule has 53 heavy (non-hydrogen) atoms. The van der Waals surface area contributed by atoms with E-state index in [1.54, 1.807) is 0 Å². The monoisotopic (exact) mass is 698 g/mol. The van der Waals surface area contributed by atoms with Gasteiger partial charge in [-0.1, -0.05) is 137 Å². The maximum Gasteiger partial charge on any atom is 0.252 e. The summed E-state index contributed by atoms with van der Waals surface area (Å²) < 4.78 is 0. The van der Waals surface area contributed by atoms with Crippen LogP contribution in [0.3, 0.4) is 0 Å². The fourth-order valence-electron chi connectivity index (χ4n) is 9.22. The van der Waals surface area contributed by atoms with Crippen LogP contribution < -0.4 is 26.2 Å². The molecule has 272 valence electrons. The van der Waals surface area contributed by atoms with Gasteiger partial charge in [0.25, 0.3) is 6.71 Å². The standard InChI is InChI=1S/C50H59BN2/c1-32(2)34-16-22-40(23-17-34)52-44-26-18-36(33(3)4)28-42(44)51-43-31-39(50(8,9)10)21-27-45(43)53(41-24-19-38(20-25-41)49(5,6)7)47-30-37(29-46(52)48(47)51)35-14-12-11-13-15-35/h16-33,35H,11-15H2,1-10H3. The van der Waals surface area contributed by atoms with E-state index in [-0.39, 0.29) is 17.5 Å². The first-order valence-corrected chi connectivity index (χ1v) is 20.5. The van der Waals surface area contributed by atoms with Crippen molar-refractivity contribution in [3.05, 3.63) is 125 Å². The average Bonchev–Trinajstić information content (AvgIpc) is 3.13. The first-order chi connectivity index (χ1) is 25.2. The SMILES string of the molecule is CC(C)c1ccc(N2c3ccc(C(C)C)cc3B3c4cc(C(C)(C)C)ccc4N(c4ccc(C(C)(C)C)cc4)c4cc(C5CCCCC5)cc2c43)cc1. The van der Waals surface area contributed by atoms with Crippen LogP contribution in [0.2, 0.25) is 0 Å². The zero-order valence-corrected chi connectivity index (χ0v) is 34.0. The van der Waals surface area contributed by atoms with E-state index < -0.39 is 0 Å². The minimum absolute atomic E-state index is 0.0314. The van der Waals surface area contributed by atoms with Crippen LogP contribution >= 0.6 is 0 Å². The van der Waals surface area contributed by atoms with Crippen molar-refractivity contribution >= 4 is 57.2 Å². The van der Waals surface area contributed by atoms with Crippen LogP contribution in [-0.4, -0.2) is 6.71 Å². The molecule has 0 atom stereocenters. The molecule has 1 aliphatic carbocycles. The Balaban J connectivity index is 1.47. The number of nitrogens with zero attached hydrogens (tertiary/aromatic N) is 2. The Hall–Kier alpha value is -4.24. The third-order valence-electron chi connectivity index (χ3n) is 12.5. The molecular weight excluding hydrogens is 639 g/mol.